The third-order valence-corrected chi connectivity index (χ3v) is 1.78. The maximum absolute atomic E-state index is 9.65. The van der Waals surface area contributed by atoms with Crippen molar-refractivity contribution in [2.75, 3.05) is 13.1 Å². The quantitative estimate of drug-likeness (QED) is 0.400. The lowest BCUT2D eigenvalue weighted by Crippen LogP contribution is -2.49. The molecule has 6 heteroatoms. The first-order valence-electron chi connectivity index (χ1n) is 6.81. The highest BCUT2D eigenvalue weighted by atomic mass is 16.4. The number of quaternary nitrogens is 2. The van der Waals surface area contributed by atoms with Gasteiger partial charge < -0.3 is 31.3 Å². The summed E-state index contributed by atoms with van der Waals surface area (Å²) < 4.78 is 0. The molecule has 0 fully saturated rings. The molecular formula is C14H28N2O4. The van der Waals surface area contributed by atoms with Crippen LogP contribution in [0.2, 0.25) is 0 Å². The minimum atomic E-state index is -1.37. The van der Waals surface area contributed by atoms with Crippen LogP contribution in [-0.2, 0) is 9.59 Å². The fourth-order valence-corrected chi connectivity index (χ4v) is 0.768. The van der Waals surface area contributed by atoms with Crippen molar-refractivity contribution in [3.63, 3.8) is 0 Å². The third kappa shape index (κ3) is 44.1. The summed E-state index contributed by atoms with van der Waals surface area (Å²) >= 11 is 0. The fourth-order valence-electron chi connectivity index (χ4n) is 0.768. The highest BCUT2D eigenvalue weighted by Gasteiger charge is 1.72. The van der Waals surface area contributed by atoms with Crippen LogP contribution >= 0.6 is 0 Å². The Hall–Kier alpha value is -1.66. The Bertz CT molecular complexity index is 244. The molecule has 0 heterocycles. The number of unbranched alkanes of at least 4 members (excludes halogenated alkanes) is 2. The Morgan fingerprint density at radius 1 is 0.850 bits per heavy atom. The number of carboxylic acids is 2. The van der Waals surface area contributed by atoms with Crippen LogP contribution < -0.4 is 21.7 Å². The van der Waals surface area contributed by atoms with E-state index in [2.05, 4.69) is 25.3 Å². The molecule has 0 atom stereocenters. The second-order valence-corrected chi connectivity index (χ2v) is 3.77. The largest absolute Gasteiger partial charge is 0.545 e. The van der Waals surface area contributed by atoms with Gasteiger partial charge in [-0.2, -0.15) is 0 Å². The Kier molecular flexibility index (Phi) is 26.4. The van der Waals surface area contributed by atoms with E-state index in [4.69, 9.17) is 0 Å². The normalized spacial score (nSPS) is 9.60. The second-order valence-electron chi connectivity index (χ2n) is 3.77. The van der Waals surface area contributed by atoms with Crippen LogP contribution in [0.3, 0.4) is 0 Å². The van der Waals surface area contributed by atoms with E-state index in [1.807, 2.05) is 0 Å². The number of hydrogen-bond acceptors (Lipinski definition) is 4. The first-order valence-corrected chi connectivity index (χ1v) is 6.81. The number of hydrogen-bond donors (Lipinski definition) is 2. The van der Waals surface area contributed by atoms with Crippen molar-refractivity contribution >= 4 is 11.9 Å². The molecule has 0 rings (SSSR count). The molecule has 0 aromatic heterocycles. The predicted molar refractivity (Wildman–Crippen MR) is 73.6 cm³/mol. The Morgan fingerprint density at radius 3 is 1.25 bits per heavy atom. The highest BCUT2D eigenvalue weighted by Crippen LogP contribution is 1.76. The van der Waals surface area contributed by atoms with Gasteiger partial charge in [-0.05, 0) is 25.0 Å². The van der Waals surface area contributed by atoms with Crippen molar-refractivity contribution in [1.29, 1.82) is 0 Å². The zero-order valence-electron chi connectivity index (χ0n) is 12.6. The third-order valence-electron chi connectivity index (χ3n) is 1.78. The Labute approximate surface area is 121 Å². The molecule has 0 aliphatic rings. The van der Waals surface area contributed by atoms with E-state index in [1.54, 1.807) is 0 Å². The summed E-state index contributed by atoms with van der Waals surface area (Å²) in [6.07, 6.45) is 8.60. The molecule has 0 amide bonds. The van der Waals surface area contributed by atoms with Crippen molar-refractivity contribution in [1.82, 2.24) is 0 Å². The van der Waals surface area contributed by atoms with Crippen molar-refractivity contribution in [3.05, 3.63) is 24.3 Å². The molecular weight excluding hydrogens is 260 g/mol. The molecule has 0 aliphatic heterocycles. The smallest absolute Gasteiger partial charge is 0.0739 e. The van der Waals surface area contributed by atoms with Gasteiger partial charge in [0.1, 0.15) is 0 Å². The van der Waals surface area contributed by atoms with Crippen molar-refractivity contribution < 1.29 is 31.3 Å². The number of carbonyl (C=O) groups is 2. The average molecular weight is 288 g/mol. The van der Waals surface area contributed by atoms with E-state index in [9.17, 15) is 19.8 Å². The van der Waals surface area contributed by atoms with Crippen molar-refractivity contribution in [2.45, 2.75) is 39.5 Å². The number of carboxylic acid groups (broad SMARTS) is 2. The number of allylic oxidation sites excluding steroid dienone is 2. The zero-order chi connectivity index (χ0) is 16.2. The van der Waals surface area contributed by atoms with Gasteiger partial charge in [-0.15, -0.1) is 0 Å². The van der Waals surface area contributed by atoms with Crippen molar-refractivity contribution in [3.8, 4) is 0 Å². The van der Waals surface area contributed by atoms with Crippen LogP contribution in [0.25, 0.3) is 0 Å². The van der Waals surface area contributed by atoms with Crippen LogP contribution in [0, 0.1) is 0 Å². The van der Waals surface area contributed by atoms with Gasteiger partial charge in [-0.1, -0.05) is 38.8 Å². The standard InChI is InChI=1S/C6H6O4.2C4H11N/c7-5(8)3-1-2-4-6(9)10;2*1-2-3-4-5/h1-4H,(H,7,8)(H,9,10);2*2-5H2,1H3/b3-1+,4-2+;;. The van der Waals surface area contributed by atoms with Gasteiger partial charge in [-0.25, -0.2) is 0 Å². The molecule has 0 unspecified atom stereocenters. The molecule has 0 aromatic carbocycles. The molecule has 0 radical (unpaired) electrons. The van der Waals surface area contributed by atoms with Crippen LogP contribution in [-0.4, -0.2) is 25.0 Å². The second kappa shape index (κ2) is 22.5. The van der Waals surface area contributed by atoms with E-state index in [1.165, 1.54) is 25.7 Å². The van der Waals surface area contributed by atoms with Crippen LogP contribution in [0.15, 0.2) is 24.3 Å². The summed E-state index contributed by atoms with van der Waals surface area (Å²) in [6, 6.07) is 0. The van der Waals surface area contributed by atoms with Crippen LogP contribution in [0.1, 0.15) is 39.5 Å². The lowest BCUT2D eigenvalue weighted by atomic mass is 10.3. The summed E-state index contributed by atoms with van der Waals surface area (Å²) in [6.45, 7) is 6.53. The predicted octanol–water partition coefficient (Wildman–Crippen LogP) is -2.34. The molecule has 0 aliphatic carbocycles. The van der Waals surface area contributed by atoms with E-state index in [-0.39, 0.29) is 0 Å². The van der Waals surface area contributed by atoms with Crippen molar-refractivity contribution in [2.24, 2.45) is 0 Å². The highest BCUT2D eigenvalue weighted by molar-refractivity contribution is 5.80. The number of carbonyl (C=O) groups excluding carboxylic acids is 2. The van der Waals surface area contributed by atoms with Crippen LogP contribution in [0.4, 0.5) is 0 Å². The van der Waals surface area contributed by atoms with Gasteiger partial charge in [0.25, 0.3) is 0 Å². The topological polar surface area (TPSA) is 136 Å². The van der Waals surface area contributed by atoms with Gasteiger partial charge in [0, 0.05) is 0 Å². The average Bonchev–Trinajstić information content (AvgIpc) is 2.38. The van der Waals surface area contributed by atoms with Gasteiger partial charge >= 0.3 is 0 Å². The summed E-state index contributed by atoms with van der Waals surface area (Å²) in [5.41, 5.74) is 7.35. The van der Waals surface area contributed by atoms with E-state index >= 15 is 0 Å². The molecule has 118 valence electrons. The van der Waals surface area contributed by atoms with E-state index in [0.29, 0.717) is 12.2 Å². The van der Waals surface area contributed by atoms with Gasteiger partial charge in [-0.3, -0.25) is 0 Å². The summed E-state index contributed by atoms with van der Waals surface area (Å²) in [5.74, 6) is -2.74. The lowest BCUT2D eigenvalue weighted by Gasteiger charge is -1.88. The SMILES string of the molecule is CCCC[NH3+].CCCC[NH3+].O=C([O-])/C=C/C=C/C(=O)[O-]. The molecule has 0 saturated heterocycles. The maximum Gasteiger partial charge on any atom is 0.0739 e. The van der Waals surface area contributed by atoms with Crippen LogP contribution in [0.5, 0.6) is 0 Å². The van der Waals surface area contributed by atoms with Gasteiger partial charge in [0.05, 0.1) is 25.0 Å². The molecule has 0 bridgehead atoms. The minimum Gasteiger partial charge on any atom is -0.545 e. The Balaban J connectivity index is -0.000000244. The molecule has 6 nitrogen and oxygen atoms in total. The monoisotopic (exact) mass is 288 g/mol. The summed E-state index contributed by atoms with van der Waals surface area (Å²) in [5, 5.41) is 19.3. The first-order chi connectivity index (χ1) is 9.45. The minimum absolute atomic E-state index is 0.708. The molecule has 0 aromatic rings. The first kappa shape index (κ1) is 23.4. The van der Waals surface area contributed by atoms with E-state index in [0.717, 1.165) is 25.2 Å². The summed E-state index contributed by atoms with van der Waals surface area (Å²) in [7, 11) is 0. The number of rotatable bonds is 7. The zero-order valence-corrected chi connectivity index (χ0v) is 12.6. The van der Waals surface area contributed by atoms with E-state index < -0.39 is 11.9 Å². The van der Waals surface area contributed by atoms with Gasteiger partial charge in [0.15, 0.2) is 0 Å². The lowest BCUT2D eigenvalue weighted by molar-refractivity contribution is -0.368. The molecule has 20 heavy (non-hydrogen) atoms. The molecule has 0 spiro atoms. The maximum atomic E-state index is 9.65. The number of aliphatic carboxylic acids is 2. The van der Waals surface area contributed by atoms with Gasteiger partial charge in [0.2, 0.25) is 0 Å². The summed E-state index contributed by atoms with van der Waals surface area (Å²) in [4.78, 5) is 19.3. The molecule has 6 N–H and O–H groups in total. The fraction of sp³-hybridized carbons (Fsp3) is 0.571. The Morgan fingerprint density at radius 2 is 1.15 bits per heavy atom. The molecule has 0 saturated carbocycles.